The Labute approximate surface area is 163 Å². The fraction of sp³-hybridized carbons (Fsp3) is 0.286. The molecular formula is C21H22N4OS. The molecule has 1 N–H and O–H groups in total. The maximum Gasteiger partial charge on any atom is 0.234 e. The van der Waals surface area contributed by atoms with Crippen molar-refractivity contribution in [3.05, 3.63) is 59.2 Å². The molecule has 0 saturated carbocycles. The molecule has 4 rings (SSSR count). The highest BCUT2D eigenvalue weighted by Crippen LogP contribution is 2.26. The Morgan fingerprint density at radius 3 is 2.81 bits per heavy atom. The second-order valence-electron chi connectivity index (χ2n) is 6.85. The van der Waals surface area contributed by atoms with Crippen molar-refractivity contribution in [1.82, 2.24) is 14.8 Å². The lowest BCUT2D eigenvalue weighted by atomic mass is 10.1. The standard InChI is InChI=1S/C21H22N4OS/c1-14-6-3-4-9-18(14)20-23-24-21(25(20)2)27-13-19(26)22-17-11-10-15-7-5-8-16(15)12-17/h3-4,6,9-12H,5,7-8,13H2,1-2H3,(H,22,26). The molecule has 0 radical (unpaired) electrons. The average Bonchev–Trinajstić information content (AvgIpc) is 3.27. The van der Waals surface area contributed by atoms with Gasteiger partial charge < -0.3 is 9.88 Å². The summed E-state index contributed by atoms with van der Waals surface area (Å²) in [5.41, 5.74) is 5.85. The van der Waals surface area contributed by atoms with Crippen LogP contribution in [0.15, 0.2) is 47.6 Å². The second-order valence-corrected chi connectivity index (χ2v) is 7.80. The Morgan fingerprint density at radius 2 is 1.96 bits per heavy atom. The maximum absolute atomic E-state index is 12.3. The fourth-order valence-corrected chi connectivity index (χ4v) is 4.19. The minimum atomic E-state index is -0.0293. The number of hydrogen-bond donors (Lipinski definition) is 1. The number of amides is 1. The summed E-state index contributed by atoms with van der Waals surface area (Å²) >= 11 is 1.40. The minimum absolute atomic E-state index is 0.0293. The van der Waals surface area contributed by atoms with Crippen LogP contribution in [-0.2, 0) is 24.7 Å². The third-order valence-electron chi connectivity index (χ3n) is 4.94. The van der Waals surface area contributed by atoms with Crippen molar-refractivity contribution in [1.29, 1.82) is 0 Å². The molecule has 1 aliphatic carbocycles. The molecule has 0 fully saturated rings. The Bertz CT molecular complexity index is 996. The lowest BCUT2D eigenvalue weighted by Crippen LogP contribution is -2.14. The van der Waals surface area contributed by atoms with E-state index in [0.29, 0.717) is 5.75 Å². The van der Waals surface area contributed by atoms with E-state index in [1.165, 1.54) is 29.3 Å². The number of hydrogen-bond acceptors (Lipinski definition) is 4. The fourth-order valence-electron chi connectivity index (χ4n) is 3.48. The number of rotatable bonds is 5. The van der Waals surface area contributed by atoms with Gasteiger partial charge in [0.1, 0.15) is 0 Å². The summed E-state index contributed by atoms with van der Waals surface area (Å²) in [6, 6.07) is 14.3. The molecule has 1 amide bonds. The minimum Gasteiger partial charge on any atom is -0.325 e. The number of nitrogens with one attached hydrogen (secondary N) is 1. The first-order valence-corrected chi connectivity index (χ1v) is 10.1. The van der Waals surface area contributed by atoms with E-state index in [1.807, 2.05) is 35.9 Å². The topological polar surface area (TPSA) is 59.8 Å². The Balaban J connectivity index is 1.40. The first-order chi connectivity index (χ1) is 13.1. The maximum atomic E-state index is 12.3. The van der Waals surface area contributed by atoms with Gasteiger partial charge in [-0.3, -0.25) is 4.79 Å². The van der Waals surface area contributed by atoms with Crippen LogP contribution in [0.5, 0.6) is 0 Å². The molecule has 3 aromatic rings. The number of benzene rings is 2. The number of fused-ring (bicyclic) bond motifs is 1. The molecule has 5 nitrogen and oxygen atoms in total. The summed E-state index contributed by atoms with van der Waals surface area (Å²) in [4.78, 5) is 12.3. The van der Waals surface area contributed by atoms with Gasteiger partial charge in [0.25, 0.3) is 0 Å². The van der Waals surface area contributed by atoms with E-state index in [4.69, 9.17) is 0 Å². The van der Waals surface area contributed by atoms with E-state index >= 15 is 0 Å². The van der Waals surface area contributed by atoms with Crippen LogP contribution in [0.1, 0.15) is 23.1 Å². The second kappa shape index (κ2) is 7.56. The van der Waals surface area contributed by atoms with Crippen LogP contribution in [0, 0.1) is 6.92 Å². The highest BCUT2D eigenvalue weighted by Gasteiger charge is 2.15. The summed E-state index contributed by atoms with van der Waals surface area (Å²) in [6.45, 7) is 2.06. The summed E-state index contributed by atoms with van der Waals surface area (Å²) in [5.74, 6) is 1.09. The molecule has 0 unspecified atom stereocenters. The Morgan fingerprint density at radius 1 is 1.15 bits per heavy atom. The van der Waals surface area contributed by atoms with Crippen molar-refractivity contribution < 1.29 is 4.79 Å². The van der Waals surface area contributed by atoms with E-state index in [1.54, 1.807) is 0 Å². The lowest BCUT2D eigenvalue weighted by Gasteiger charge is -2.08. The van der Waals surface area contributed by atoms with Crippen LogP contribution >= 0.6 is 11.8 Å². The van der Waals surface area contributed by atoms with Gasteiger partial charge in [-0.2, -0.15) is 0 Å². The predicted octanol–water partition coefficient (Wildman–Crippen LogP) is 4.01. The predicted molar refractivity (Wildman–Crippen MR) is 109 cm³/mol. The van der Waals surface area contributed by atoms with Crippen LogP contribution in [0.25, 0.3) is 11.4 Å². The third kappa shape index (κ3) is 3.76. The molecule has 1 aliphatic rings. The monoisotopic (exact) mass is 378 g/mol. The van der Waals surface area contributed by atoms with Crippen LogP contribution in [0.2, 0.25) is 0 Å². The highest BCUT2D eigenvalue weighted by molar-refractivity contribution is 7.99. The molecular weight excluding hydrogens is 356 g/mol. The Kier molecular flexibility index (Phi) is 4.99. The molecule has 27 heavy (non-hydrogen) atoms. The van der Waals surface area contributed by atoms with Crippen molar-refractivity contribution in [2.45, 2.75) is 31.3 Å². The number of aryl methyl sites for hydroxylation is 3. The largest absolute Gasteiger partial charge is 0.325 e. The molecule has 6 heteroatoms. The van der Waals surface area contributed by atoms with Crippen molar-refractivity contribution >= 4 is 23.4 Å². The molecule has 1 aromatic heterocycles. The van der Waals surface area contributed by atoms with Gasteiger partial charge in [-0.15, -0.1) is 10.2 Å². The van der Waals surface area contributed by atoms with Gasteiger partial charge >= 0.3 is 0 Å². The van der Waals surface area contributed by atoms with Gasteiger partial charge in [0.05, 0.1) is 5.75 Å². The SMILES string of the molecule is Cc1ccccc1-c1nnc(SCC(=O)Nc2ccc3c(c2)CCC3)n1C. The van der Waals surface area contributed by atoms with Crippen LogP contribution in [0.3, 0.4) is 0 Å². The number of nitrogens with zero attached hydrogens (tertiary/aromatic N) is 3. The smallest absolute Gasteiger partial charge is 0.234 e. The van der Waals surface area contributed by atoms with Crippen LogP contribution < -0.4 is 5.32 Å². The van der Waals surface area contributed by atoms with Crippen molar-refractivity contribution in [2.75, 3.05) is 11.1 Å². The molecule has 0 saturated heterocycles. The lowest BCUT2D eigenvalue weighted by molar-refractivity contribution is -0.113. The summed E-state index contributed by atoms with van der Waals surface area (Å²) in [7, 11) is 1.93. The quantitative estimate of drug-likeness (QED) is 0.682. The van der Waals surface area contributed by atoms with Gasteiger partial charge in [-0.1, -0.05) is 42.1 Å². The van der Waals surface area contributed by atoms with Gasteiger partial charge in [0.2, 0.25) is 5.91 Å². The molecule has 0 aliphatic heterocycles. The van der Waals surface area contributed by atoms with Gasteiger partial charge in [-0.25, -0.2) is 0 Å². The van der Waals surface area contributed by atoms with Gasteiger partial charge in [0.15, 0.2) is 11.0 Å². The number of carbonyl (C=O) groups is 1. The van der Waals surface area contributed by atoms with E-state index in [9.17, 15) is 4.79 Å². The van der Waals surface area contributed by atoms with Crippen molar-refractivity contribution in [3.63, 3.8) is 0 Å². The molecule has 0 atom stereocenters. The molecule has 1 heterocycles. The van der Waals surface area contributed by atoms with Crippen LogP contribution in [0.4, 0.5) is 5.69 Å². The van der Waals surface area contributed by atoms with Crippen molar-refractivity contribution in [2.24, 2.45) is 7.05 Å². The van der Waals surface area contributed by atoms with E-state index < -0.39 is 0 Å². The van der Waals surface area contributed by atoms with E-state index in [2.05, 4.69) is 40.6 Å². The number of thioether (sulfide) groups is 1. The summed E-state index contributed by atoms with van der Waals surface area (Å²) < 4.78 is 1.94. The highest BCUT2D eigenvalue weighted by atomic mass is 32.2. The number of aromatic nitrogens is 3. The first kappa shape index (κ1) is 17.8. The molecule has 0 spiro atoms. The zero-order chi connectivity index (χ0) is 18.8. The Hall–Kier alpha value is -2.60. The number of anilines is 1. The first-order valence-electron chi connectivity index (χ1n) is 9.11. The number of carbonyl (C=O) groups excluding carboxylic acids is 1. The normalized spacial score (nSPS) is 12.8. The van der Waals surface area contributed by atoms with Gasteiger partial charge in [-0.05, 0) is 55.0 Å². The van der Waals surface area contributed by atoms with E-state index in [-0.39, 0.29) is 5.91 Å². The molecule has 2 aromatic carbocycles. The summed E-state index contributed by atoms with van der Waals surface area (Å²) in [5, 5.41) is 12.3. The van der Waals surface area contributed by atoms with Crippen molar-refractivity contribution in [3.8, 4) is 11.4 Å². The zero-order valence-corrected chi connectivity index (χ0v) is 16.3. The van der Waals surface area contributed by atoms with E-state index in [0.717, 1.165) is 40.6 Å². The van der Waals surface area contributed by atoms with Gasteiger partial charge in [0, 0.05) is 18.3 Å². The molecule has 0 bridgehead atoms. The third-order valence-corrected chi connectivity index (χ3v) is 5.96. The van der Waals surface area contributed by atoms with Crippen LogP contribution in [-0.4, -0.2) is 26.4 Å². The molecule has 138 valence electrons. The summed E-state index contributed by atoms with van der Waals surface area (Å²) in [6.07, 6.45) is 3.46. The average molecular weight is 379 g/mol. The zero-order valence-electron chi connectivity index (χ0n) is 15.5.